The number of allylic oxidation sites excluding steroid dienone is 2. The molecule has 1 aliphatic rings. The van der Waals surface area contributed by atoms with Crippen molar-refractivity contribution in [2.45, 2.75) is 11.6 Å². The first-order chi connectivity index (χ1) is 9.68. The molecule has 1 aliphatic carbocycles. The van der Waals surface area contributed by atoms with Crippen molar-refractivity contribution in [3.63, 3.8) is 0 Å². The van der Waals surface area contributed by atoms with Crippen LogP contribution >= 0.6 is 0 Å². The van der Waals surface area contributed by atoms with Crippen LogP contribution in [0, 0.1) is 0 Å². The number of hydrogen-bond acceptors (Lipinski definition) is 2. The van der Waals surface area contributed by atoms with Crippen LogP contribution in [0.1, 0.15) is 17.0 Å². The van der Waals surface area contributed by atoms with Crippen molar-refractivity contribution in [1.82, 2.24) is 0 Å². The normalized spacial score (nSPS) is 20.5. The van der Waals surface area contributed by atoms with Crippen LogP contribution in [0.2, 0.25) is 0 Å². The smallest absolute Gasteiger partial charge is 0.0943 e. The Kier molecular flexibility index (Phi) is 3.26. The summed E-state index contributed by atoms with van der Waals surface area (Å²) in [5.41, 5.74) is 15.2. The number of hydrogen-bond donors (Lipinski definition) is 2. The minimum absolute atomic E-state index is 0.0453. The molecule has 20 heavy (non-hydrogen) atoms. The van der Waals surface area contributed by atoms with Gasteiger partial charge in [0.1, 0.15) is 0 Å². The summed E-state index contributed by atoms with van der Waals surface area (Å²) in [6.45, 7) is 0. The topological polar surface area (TPSA) is 52.0 Å². The highest BCUT2D eigenvalue weighted by Crippen LogP contribution is 2.39. The zero-order valence-electron chi connectivity index (χ0n) is 11.2. The average molecular weight is 262 g/mol. The Balaban J connectivity index is 2.12. The van der Waals surface area contributed by atoms with Gasteiger partial charge in [-0.1, -0.05) is 72.8 Å². The highest BCUT2D eigenvalue weighted by molar-refractivity contribution is 5.76. The van der Waals surface area contributed by atoms with Crippen molar-refractivity contribution >= 4 is 5.57 Å². The molecule has 2 nitrogen and oxygen atoms in total. The van der Waals surface area contributed by atoms with Crippen LogP contribution in [0.25, 0.3) is 5.57 Å². The fourth-order valence-electron chi connectivity index (χ4n) is 2.79. The molecule has 2 heteroatoms. The van der Waals surface area contributed by atoms with E-state index >= 15 is 0 Å². The summed E-state index contributed by atoms with van der Waals surface area (Å²) in [5, 5.41) is 0. The van der Waals surface area contributed by atoms with Gasteiger partial charge in [-0.3, -0.25) is 0 Å². The first kappa shape index (κ1) is 12.9. The van der Waals surface area contributed by atoms with E-state index in [0.717, 1.165) is 16.7 Å². The third kappa shape index (κ3) is 2.31. The summed E-state index contributed by atoms with van der Waals surface area (Å²) in [7, 11) is 0. The van der Waals surface area contributed by atoms with Crippen LogP contribution in [-0.4, -0.2) is 5.66 Å². The van der Waals surface area contributed by atoms with E-state index in [2.05, 4.69) is 30.3 Å². The minimum atomic E-state index is -0.874. The minimum Gasteiger partial charge on any atom is -0.309 e. The molecule has 0 fully saturated rings. The van der Waals surface area contributed by atoms with Crippen molar-refractivity contribution < 1.29 is 0 Å². The van der Waals surface area contributed by atoms with Gasteiger partial charge in [-0.15, -0.1) is 0 Å². The van der Waals surface area contributed by atoms with Gasteiger partial charge in [-0.25, -0.2) is 0 Å². The van der Waals surface area contributed by atoms with Crippen molar-refractivity contribution in [3.05, 3.63) is 90.0 Å². The van der Waals surface area contributed by atoms with Gasteiger partial charge in [0, 0.05) is 5.92 Å². The van der Waals surface area contributed by atoms with E-state index in [0.29, 0.717) is 0 Å². The van der Waals surface area contributed by atoms with Gasteiger partial charge in [-0.2, -0.15) is 0 Å². The first-order valence-electron chi connectivity index (χ1n) is 6.76. The monoisotopic (exact) mass is 262 g/mol. The van der Waals surface area contributed by atoms with Crippen molar-refractivity contribution in [2.75, 3.05) is 0 Å². The zero-order valence-corrected chi connectivity index (χ0v) is 11.2. The molecule has 1 atom stereocenters. The van der Waals surface area contributed by atoms with Gasteiger partial charge >= 0.3 is 0 Å². The second-order valence-electron chi connectivity index (χ2n) is 5.19. The lowest BCUT2D eigenvalue weighted by Crippen LogP contribution is -2.53. The van der Waals surface area contributed by atoms with Crippen LogP contribution in [0.4, 0.5) is 0 Å². The Morgan fingerprint density at radius 3 is 2.05 bits per heavy atom. The average Bonchev–Trinajstić information content (AvgIpc) is 2.48. The molecule has 0 spiro atoms. The van der Waals surface area contributed by atoms with Crippen LogP contribution in [-0.2, 0) is 0 Å². The van der Waals surface area contributed by atoms with Crippen LogP contribution in [0.5, 0.6) is 0 Å². The van der Waals surface area contributed by atoms with E-state index in [1.54, 1.807) is 0 Å². The molecule has 4 N–H and O–H groups in total. The number of benzene rings is 2. The predicted octanol–water partition coefficient (Wildman–Crippen LogP) is 3.04. The van der Waals surface area contributed by atoms with E-state index in [-0.39, 0.29) is 5.92 Å². The van der Waals surface area contributed by atoms with Crippen LogP contribution in [0.15, 0.2) is 78.9 Å². The molecule has 0 bridgehead atoms. The molecule has 0 heterocycles. The van der Waals surface area contributed by atoms with Gasteiger partial charge in [0.25, 0.3) is 0 Å². The summed E-state index contributed by atoms with van der Waals surface area (Å²) in [4.78, 5) is 0. The Morgan fingerprint density at radius 2 is 1.40 bits per heavy atom. The molecule has 100 valence electrons. The first-order valence-corrected chi connectivity index (χ1v) is 6.76. The van der Waals surface area contributed by atoms with E-state index in [1.807, 2.05) is 48.6 Å². The molecule has 2 aromatic carbocycles. The van der Waals surface area contributed by atoms with Gasteiger partial charge in [0.05, 0.1) is 5.66 Å². The van der Waals surface area contributed by atoms with E-state index < -0.39 is 5.66 Å². The maximum absolute atomic E-state index is 6.33. The third-order valence-electron chi connectivity index (χ3n) is 3.71. The molecular formula is C18H18N2. The lowest BCUT2D eigenvalue weighted by Gasteiger charge is -2.36. The van der Waals surface area contributed by atoms with Crippen molar-refractivity contribution in [3.8, 4) is 0 Å². The Bertz CT molecular complexity index is 640. The number of nitrogens with two attached hydrogens (primary N) is 2. The molecule has 0 radical (unpaired) electrons. The molecule has 3 rings (SSSR count). The maximum Gasteiger partial charge on any atom is 0.0943 e. The summed E-state index contributed by atoms with van der Waals surface area (Å²) in [6.07, 6.45) is 5.92. The van der Waals surface area contributed by atoms with E-state index in [9.17, 15) is 0 Å². The lowest BCUT2D eigenvalue weighted by atomic mass is 9.75. The lowest BCUT2D eigenvalue weighted by molar-refractivity contribution is 0.502. The molecule has 1 unspecified atom stereocenters. The number of rotatable bonds is 2. The predicted molar refractivity (Wildman–Crippen MR) is 83.8 cm³/mol. The third-order valence-corrected chi connectivity index (χ3v) is 3.71. The second-order valence-corrected chi connectivity index (χ2v) is 5.19. The van der Waals surface area contributed by atoms with Crippen LogP contribution in [0.3, 0.4) is 0 Å². The summed E-state index contributed by atoms with van der Waals surface area (Å²) < 4.78 is 0. The molecule has 0 saturated heterocycles. The van der Waals surface area contributed by atoms with Crippen LogP contribution < -0.4 is 11.5 Å². The molecule has 0 aliphatic heterocycles. The Morgan fingerprint density at radius 1 is 0.800 bits per heavy atom. The fraction of sp³-hybridized carbons (Fsp3) is 0.111. The van der Waals surface area contributed by atoms with Gasteiger partial charge in [0.2, 0.25) is 0 Å². The SMILES string of the molecule is NC1(N)C=CC=C(c2ccccc2)C1c1ccccc1. The van der Waals surface area contributed by atoms with Gasteiger partial charge < -0.3 is 11.5 Å². The molecular weight excluding hydrogens is 244 g/mol. The van der Waals surface area contributed by atoms with Crippen molar-refractivity contribution in [2.24, 2.45) is 11.5 Å². The quantitative estimate of drug-likeness (QED) is 0.817. The standard InChI is InChI=1S/C18H18N2/c19-18(20)13-7-12-16(14-8-3-1-4-9-14)17(18)15-10-5-2-6-11-15/h1-13,17H,19-20H2. The fourth-order valence-corrected chi connectivity index (χ4v) is 2.79. The second kappa shape index (κ2) is 5.08. The largest absolute Gasteiger partial charge is 0.309 e. The summed E-state index contributed by atoms with van der Waals surface area (Å²) in [6, 6.07) is 20.5. The molecule has 2 aromatic rings. The molecule has 0 saturated carbocycles. The van der Waals surface area contributed by atoms with Gasteiger partial charge in [-0.05, 0) is 22.8 Å². The zero-order chi connectivity index (χ0) is 14.0. The molecule has 0 aromatic heterocycles. The Hall–Kier alpha value is -2.16. The highest BCUT2D eigenvalue weighted by atomic mass is 15.0. The Labute approximate surface area is 119 Å². The van der Waals surface area contributed by atoms with Crippen molar-refractivity contribution in [1.29, 1.82) is 0 Å². The summed E-state index contributed by atoms with van der Waals surface area (Å²) in [5.74, 6) is -0.0453. The van der Waals surface area contributed by atoms with Gasteiger partial charge in [0.15, 0.2) is 0 Å². The molecule has 0 amide bonds. The van der Waals surface area contributed by atoms with E-state index in [4.69, 9.17) is 11.5 Å². The van der Waals surface area contributed by atoms with E-state index in [1.165, 1.54) is 0 Å². The summed E-state index contributed by atoms with van der Waals surface area (Å²) >= 11 is 0. The highest BCUT2D eigenvalue weighted by Gasteiger charge is 2.34. The maximum atomic E-state index is 6.33.